The highest BCUT2D eigenvalue weighted by Crippen LogP contribution is 2.21. The van der Waals surface area contributed by atoms with E-state index in [1.54, 1.807) is 7.11 Å². The first kappa shape index (κ1) is 12.7. The van der Waals surface area contributed by atoms with Crippen molar-refractivity contribution in [1.82, 2.24) is 0 Å². The van der Waals surface area contributed by atoms with Gasteiger partial charge >= 0.3 is 0 Å². The molecule has 0 aliphatic rings. The molecule has 14 heavy (non-hydrogen) atoms. The minimum Gasteiger partial charge on any atom is -0.496 e. The normalized spacial score (nSPS) is 8.64. The monoisotopic (exact) mass is 194 g/mol. The van der Waals surface area contributed by atoms with Crippen molar-refractivity contribution in [2.75, 3.05) is 7.11 Å². The molecule has 0 saturated carbocycles. The van der Waals surface area contributed by atoms with Crippen molar-refractivity contribution >= 4 is 6.29 Å². The zero-order valence-electron chi connectivity index (χ0n) is 9.55. The van der Waals surface area contributed by atoms with E-state index in [1.165, 1.54) is 0 Å². The molecule has 2 heteroatoms. The Labute approximate surface area is 85.9 Å². The molecule has 1 aromatic rings. The lowest BCUT2D eigenvalue weighted by Crippen LogP contribution is -1.92. The van der Waals surface area contributed by atoms with Crippen LogP contribution in [0.15, 0.2) is 12.1 Å². The number of carbonyl (C=O) groups excluding carboxylic acids is 1. The van der Waals surface area contributed by atoms with E-state index in [0.29, 0.717) is 0 Å². The number of rotatable bonds is 2. The van der Waals surface area contributed by atoms with Crippen molar-refractivity contribution in [2.24, 2.45) is 0 Å². The fourth-order valence-electron chi connectivity index (χ4n) is 1.16. The second-order valence-corrected chi connectivity index (χ2v) is 2.80. The highest BCUT2D eigenvalue weighted by atomic mass is 16.5. The molecular formula is C12H18O2. The molecule has 0 fully saturated rings. The molecule has 0 N–H and O–H groups in total. The SMILES string of the molecule is CC.COc1cc(C)c(C=O)cc1C. The Hall–Kier alpha value is -1.31. The van der Waals surface area contributed by atoms with E-state index in [0.717, 1.165) is 28.7 Å². The predicted molar refractivity (Wildman–Crippen MR) is 59.2 cm³/mol. The molecule has 1 rings (SSSR count). The molecule has 2 nitrogen and oxygen atoms in total. The van der Waals surface area contributed by atoms with Crippen molar-refractivity contribution in [2.45, 2.75) is 27.7 Å². The second kappa shape index (κ2) is 6.19. The molecular weight excluding hydrogens is 176 g/mol. The Balaban J connectivity index is 0.000000791. The Morgan fingerprint density at radius 1 is 1.14 bits per heavy atom. The summed E-state index contributed by atoms with van der Waals surface area (Å²) in [4.78, 5) is 10.5. The molecule has 0 unspecified atom stereocenters. The van der Waals surface area contributed by atoms with Gasteiger partial charge < -0.3 is 4.74 Å². The van der Waals surface area contributed by atoms with Gasteiger partial charge in [0.1, 0.15) is 12.0 Å². The van der Waals surface area contributed by atoms with Gasteiger partial charge in [0, 0.05) is 5.56 Å². The van der Waals surface area contributed by atoms with Gasteiger partial charge in [-0.2, -0.15) is 0 Å². The molecule has 0 aromatic heterocycles. The standard InChI is InChI=1S/C10H12O2.C2H6/c1-7-5-10(12-3)8(2)4-9(7)6-11;1-2/h4-6H,1-3H3;1-2H3. The Morgan fingerprint density at radius 2 is 1.71 bits per heavy atom. The lowest BCUT2D eigenvalue weighted by Gasteiger charge is -2.06. The minimum absolute atomic E-state index is 0.730. The number of hydrogen-bond acceptors (Lipinski definition) is 2. The molecule has 1 aromatic carbocycles. The lowest BCUT2D eigenvalue weighted by molar-refractivity contribution is 0.112. The Morgan fingerprint density at radius 3 is 2.14 bits per heavy atom. The summed E-state index contributed by atoms with van der Waals surface area (Å²) in [6.45, 7) is 7.82. The lowest BCUT2D eigenvalue weighted by atomic mass is 10.1. The zero-order valence-corrected chi connectivity index (χ0v) is 9.55. The molecule has 0 aliphatic heterocycles. The van der Waals surface area contributed by atoms with E-state index in [2.05, 4.69) is 0 Å². The largest absolute Gasteiger partial charge is 0.496 e. The van der Waals surface area contributed by atoms with Gasteiger partial charge in [0.25, 0.3) is 0 Å². The van der Waals surface area contributed by atoms with E-state index in [4.69, 9.17) is 4.74 Å². The van der Waals surface area contributed by atoms with Gasteiger partial charge in [-0.05, 0) is 37.1 Å². The van der Waals surface area contributed by atoms with Crippen LogP contribution in [0.4, 0.5) is 0 Å². The number of hydrogen-bond donors (Lipinski definition) is 0. The maximum absolute atomic E-state index is 10.5. The van der Waals surface area contributed by atoms with Gasteiger partial charge in [0.2, 0.25) is 0 Å². The van der Waals surface area contributed by atoms with Crippen LogP contribution in [-0.2, 0) is 0 Å². The molecule has 0 radical (unpaired) electrons. The number of aldehydes is 1. The van der Waals surface area contributed by atoms with Crippen LogP contribution in [0.25, 0.3) is 0 Å². The predicted octanol–water partition coefficient (Wildman–Crippen LogP) is 3.15. The van der Waals surface area contributed by atoms with Gasteiger partial charge in [0.05, 0.1) is 7.11 Å². The van der Waals surface area contributed by atoms with Crippen LogP contribution in [0.3, 0.4) is 0 Å². The highest BCUT2D eigenvalue weighted by Gasteiger charge is 2.02. The molecule has 0 saturated heterocycles. The fourth-order valence-corrected chi connectivity index (χ4v) is 1.16. The van der Waals surface area contributed by atoms with Crippen LogP contribution in [0, 0.1) is 13.8 Å². The third kappa shape index (κ3) is 2.87. The van der Waals surface area contributed by atoms with Crippen LogP contribution in [-0.4, -0.2) is 13.4 Å². The van der Waals surface area contributed by atoms with Crippen molar-refractivity contribution in [3.63, 3.8) is 0 Å². The molecule has 0 aliphatic carbocycles. The summed E-state index contributed by atoms with van der Waals surface area (Å²) in [7, 11) is 1.63. The average Bonchev–Trinajstić information content (AvgIpc) is 2.23. The van der Waals surface area contributed by atoms with Crippen LogP contribution in [0.5, 0.6) is 5.75 Å². The number of aryl methyl sites for hydroxylation is 2. The summed E-state index contributed by atoms with van der Waals surface area (Å²) in [6.07, 6.45) is 0.863. The minimum atomic E-state index is 0.730. The number of benzene rings is 1. The maximum atomic E-state index is 10.5. The van der Waals surface area contributed by atoms with E-state index in [9.17, 15) is 4.79 Å². The first-order valence-corrected chi connectivity index (χ1v) is 4.79. The van der Waals surface area contributed by atoms with Crippen molar-refractivity contribution in [3.8, 4) is 5.75 Å². The molecule has 0 bridgehead atoms. The van der Waals surface area contributed by atoms with Gasteiger partial charge in [-0.3, -0.25) is 4.79 Å². The van der Waals surface area contributed by atoms with Gasteiger partial charge in [0.15, 0.2) is 0 Å². The summed E-state index contributed by atoms with van der Waals surface area (Å²) in [5.41, 5.74) is 2.67. The summed E-state index contributed by atoms with van der Waals surface area (Å²) in [6, 6.07) is 3.71. The van der Waals surface area contributed by atoms with E-state index in [-0.39, 0.29) is 0 Å². The second-order valence-electron chi connectivity index (χ2n) is 2.80. The van der Waals surface area contributed by atoms with Crippen molar-refractivity contribution < 1.29 is 9.53 Å². The summed E-state index contributed by atoms with van der Waals surface area (Å²) in [5.74, 6) is 0.832. The van der Waals surface area contributed by atoms with E-state index in [1.807, 2.05) is 39.8 Å². The molecule has 78 valence electrons. The maximum Gasteiger partial charge on any atom is 0.150 e. The molecule has 0 spiro atoms. The van der Waals surface area contributed by atoms with Gasteiger partial charge in [-0.15, -0.1) is 0 Å². The fraction of sp³-hybridized carbons (Fsp3) is 0.417. The third-order valence-electron chi connectivity index (χ3n) is 1.91. The molecule has 0 heterocycles. The van der Waals surface area contributed by atoms with Gasteiger partial charge in [-0.1, -0.05) is 13.8 Å². The van der Waals surface area contributed by atoms with E-state index >= 15 is 0 Å². The zero-order chi connectivity index (χ0) is 11.1. The number of ether oxygens (including phenoxy) is 1. The smallest absolute Gasteiger partial charge is 0.150 e. The average molecular weight is 194 g/mol. The number of carbonyl (C=O) groups is 1. The van der Waals surface area contributed by atoms with Gasteiger partial charge in [-0.25, -0.2) is 0 Å². The van der Waals surface area contributed by atoms with Crippen LogP contribution in [0.2, 0.25) is 0 Å². The summed E-state index contributed by atoms with van der Waals surface area (Å²) >= 11 is 0. The van der Waals surface area contributed by atoms with Crippen LogP contribution < -0.4 is 4.74 Å². The Bertz CT molecular complexity index is 303. The van der Waals surface area contributed by atoms with Crippen molar-refractivity contribution in [1.29, 1.82) is 0 Å². The molecule has 0 amide bonds. The topological polar surface area (TPSA) is 26.3 Å². The third-order valence-corrected chi connectivity index (χ3v) is 1.91. The Kier molecular flexibility index (Phi) is 5.61. The van der Waals surface area contributed by atoms with Crippen molar-refractivity contribution in [3.05, 3.63) is 28.8 Å². The number of methoxy groups -OCH3 is 1. The summed E-state index contributed by atoms with van der Waals surface area (Å²) in [5, 5.41) is 0. The first-order valence-electron chi connectivity index (χ1n) is 4.79. The van der Waals surface area contributed by atoms with Crippen LogP contribution >= 0.6 is 0 Å². The molecule has 0 atom stereocenters. The van der Waals surface area contributed by atoms with E-state index < -0.39 is 0 Å². The summed E-state index contributed by atoms with van der Waals surface area (Å²) < 4.78 is 5.11. The van der Waals surface area contributed by atoms with Crippen LogP contribution in [0.1, 0.15) is 35.3 Å². The first-order chi connectivity index (χ1) is 6.69. The highest BCUT2D eigenvalue weighted by molar-refractivity contribution is 5.78. The quantitative estimate of drug-likeness (QED) is 0.676.